The molecule has 1 nitrogen and oxygen atoms in total. The molecule has 0 bridgehead atoms. The van der Waals surface area contributed by atoms with Crippen LogP contribution in [0.3, 0.4) is 0 Å². The molecule has 1 unspecified atom stereocenters. The Hall–Kier alpha value is -1.47. The first-order valence-electron chi connectivity index (χ1n) is 7.77. The highest BCUT2D eigenvalue weighted by atomic mass is 35.5. The minimum absolute atomic E-state index is 0. The van der Waals surface area contributed by atoms with Gasteiger partial charge < -0.3 is 5.32 Å². The van der Waals surface area contributed by atoms with Crippen LogP contribution in [0.25, 0.3) is 0 Å². The SMILES string of the molecule is Cc1ccc(C2(C)CC(C)(C)Nc3cc(C)ccc32)cc1.Cl. The van der Waals surface area contributed by atoms with Crippen molar-refractivity contribution in [2.75, 3.05) is 5.32 Å². The van der Waals surface area contributed by atoms with Crippen LogP contribution >= 0.6 is 12.4 Å². The molecule has 3 rings (SSSR count). The van der Waals surface area contributed by atoms with Gasteiger partial charge >= 0.3 is 0 Å². The zero-order chi connectivity index (χ0) is 15.3. The summed E-state index contributed by atoms with van der Waals surface area (Å²) in [6.07, 6.45) is 1.10. The lowest BCUT2D eigenvalue weighted by Gasteiger charge is -2.46. The number of anilines is 1. The minimum Gasteiger partial charge on any atom is -0.380 e. The normalized spacial score (nSPS) is 22.2. The van der Waals surface area contributed by atoms with E-state index in [-0.39, 0.29) is 23.4 Å². The van der Waals surface area contributed by atoms with Crippen LogP contribution in [0.1, 0.15) is 49.4 Å². The predicted molar refractivity (Wildman–Crippen MR) is 98.4 cm³/mol. The zero-order valence-electron chi connectivity index (χ0n) is 14.2. The second-order valence-corrected chi connectivity index (χ2v) is 7.43. The molecule has 1 aliphatic rings. The minimum atomic E-state index is 0. The molecule has 1 aliphatic heterocycles. The van der Waals surface area contributed by atoms with E-state index in [2.05, 4.69) is 82.4 Å². The molecule has 1 N–H and O–H groups in total. The van der Waals surface area contributed by atoms with Crippen molar-refractivity contribution in [2.45, 2.75) is 52.0 Å². The Morgan fingerprint density at radius 3 is 2.09 bits per heavy atom. The number of benzene rings is 2. The van der Waals surface area contributed by atoms with Crippen molar-refractivity contribution in [1.82, 2.24) is 0 Å². The number of aryl methyl sites for hydroxylation is 2. The van der Waals surface area contributed by atoms with Crippen LogP contribution in [0.2, 0.25) is 0 Å². The highest BCUT2D eigenvalue weighted by Crippen LogP contribution is 2.47. The average molecular weight is 316 g/mol. The topological polar surface area (TPSA) is 12.0 Å². The number of hydrogen-bond acceptors (Lipinski definition) is 1. The van der Waals surface area contributed by atoms with Gasteiger partial charge in [0.25, 0.3) is 0 Å². The third kappa shape index (κ3) is 2.87. The van der Waals surface area contributed by atoms with Crippen molar-refractivity contribution in [3.05, 3.63) is 64.7 Å². The first kappa shape index (κ1) is 16.9. The summed E-state index contributed by atoms with van der Waals surface area (Å²) in [6, 6.07) is 15.8. The van der Waals surface area contributed by atoms with E-state index in [9.17, 15) is 0 Å². The molecule has 0 fully saturated rings. The highest BCUT2D eigenvalue weighted by Gasteiger charge is 2.41. The predicted octanol–water partition coefficient (Wildman–Crippen LogP) is 5.63. The molecule has 0 spiro atoms. The molecule has 2 aromatic rings. The van der Waals surface area contributed by atoms with Crippen LogP contribution < -0.4 is 5.32 Å². The molecule has 2 aromatic carbocycles. The lowest BCUT2D eigenvalue weighted by molar-refractivity contribution is 0.378. The maximum Gasteiger partial charge on any atom is 0.0388 e. The summed E-state index contributed by atoms with van der Waals surface area (Å²) in [7, 11) is 0. The summed E-state index contributed by atoms with van der Waals surface area (Å²) >= 11 is 0. The quantitative estimate of drug-likeness (QED) is 0.719. The molecule has 1 heterocycles. The summed E-state index contributed by atoms with van der Waals surface area (Å²) < 4.78 is 0. The van der Waals surface area contributed by atoms with Crippen LogP contribution in [0.5, 0.6) is 0 Å². The second-order valence-electron chi connectivity index (χ2n) is 7.43. The van der Waals surface area contributed by atoms with E-state index in [1.165, 1.54) is 27.9 Å². The van der Waals surface area contributed by atoms with E-state index in [4.69, 9.17) is 0 Å². The Labute approximate surface area is 140 Å². The number of nitrogens with one attached hydrogen (secondary N) is 1. The highest BCUT2D eigenvalue weighted by molar-refractivity contribution is 5.85. The van der Waals surface area contributed by atoms with Gasteiger partial charge in [-0.3, -0.25) is 0 Å². The van der Waals surface area contributed by atoms with Crippen molar-refractivity contribution in [2.24, 2.45) is 0 Å². The molecule has 0 saturated heterocycles. The summed E-state index contributed by atoms with van der Waals surface area (Å²) in [4.78, 5) is 0. The monoisotopic (exact) mass is 315 g/mol. The molecule has 2 heteroatoms. The van der Waals surface area contributed by atoms with E-state index < -0.39 is 0 Å². The fourth-order valence-electron chi connectivity index (χ4n) is 3.81. The van der Waals surface area contributed by atoms with Gasteiger partial charge in [0.05, 0.1) is 0 Å². The largest absolute Gasteiger partial charge is 0.380 e. The second kappa shape index (κ2) is 5.62. The smallest absolute Gasteiger partial charge is 0.0388 e. The van der Waals surface area contributed by atoms with E-state index in [1.54, 1.807) is 0 Å². The maximum absolute atomic E-state index is 3.71. The zero-order valence-corrected chi connectivity index (χ0v) is 15.0. The average Bonchev–Trinajstić information content (AvgIpc) is 2.37. The van der Waals surface area contributed by atoms with Crippen LogP contribution in [-0.2, 0) is 5.41 Å². The fraction of sp³-hybridized carbons (Fsp3) is 0.400. The van der Waals surface area contributed by atoms with Crippen LogP contribution in [0.15, 0.2) is 42.5 Å². The van der Waals surface area contributed by atoms with Gasteiger partial charge in [-0.25, -0.2) is 0 Å². The summed E-state index contributed by atoms with van der Waals surface area (Å²) in [6.45, 7) is 11.3. The van der Waals surface area contributed by atoms with Crippen molar-refractivity contribution >= 4 is 18.1 Å². The summed E-state index contributed by atoms with van der Waals surface area (Å²) in [5.74, 6) is 0. The lowest BCUT2D eigenvalue weighted by Crippen LogP contribution is -2.45. The molecule has 0 saturated carbocycles. The van der Waals surface area contributed by atoms with Gasteiger partial charge in [-0.15, -0.1) is 12.4 Å². The van der Waals surface area contributed by atoms with Gasteiger partial charge in [0.15, 0.2) is 0 Å². The molecule has 0 amide bonds. The van der Waals surface area contributed by atoms with E-state index in [0.717, 1.165) is 6.42 Å². The van der Waals surface area contributed by atoms with Gasteiger partial charge in [-0.1, -0.05) is 48.9 Å². The Balaban J connectivity index is 0.00000176. The standard InChI is InChI=1S/C20H25N.ClH/c1-14-6-9-16(10-7-14)20(5)13-19(3,4)21-18-12-15(2)8-11-17(18)20;/h6-12,21H,13H2,1-5H3;1H. The van der Waals surface area contributed by atoms with Gasteiger partial charge in [0.2, 0.25) is 0 Å². The first-order valence-corrected chi connectivity index (χ1v) is 7.77. The fourth-order valence-corrected chi connectivity index (χ4v) is 3.81. The summed E-state index contributed by atoms with van der Waals surface area (Å²) in [5, 5.41) is 3.71. The Kier molecular flexibility index (Phi) is 4.32. The number of fused-ring (bicyclic) bond motifs is 1. The molecule has 1 atom stereocenters. The van der Waals surface area contributed by atoms with Crippen LogP contribution in [0.4, 0.5) is 5.69 Å². The van der Waals surface area contributed by atoms with Crippen molar-refractivity contribution < 1.29 is 0 Å². The number of halogens is 1. The van der Waals surface area contributed by atoms with Gasteiger partial charge in [-0.2, -0.15) is 0 Å². The maximum atomic E-state index is 3.71. The van der Waals surface area contributed by atoms with Gasteiger partial charge in [0.1, 0.15) is 0 Å². The van der Waals surface area contributed by atoms with E-state index in [0.29, 0.717) is 0 Å². The molecular weight excluding hydrogens is 290 g/mol. The van der Waals surface area contributed by atoms with Gasteiger partial charge in [-0.05, 0) is 56.9 Å². The van der Waals surface area contributed by atoms with Crippen LogP contribution in [-0.4, -0.2) is 5.54 Å². The molecular formula is C20H26ClN. The Bertz CT molecular complexity index is 673. The van der Waals surface area contributed by atoms with Crippen molar-refractivity contribution in [3.63, 3.8) is 0 Å². The first-order chi connectivity index (χ1) is 9.80. The summed E-state index contributed by atoms with van der Waals surface area (Å²) in [5.41, 5.74) is 6.90. The molecule has 22 heavy (non-hydrogen) atoms. The van der Waals surface area contributed by atoms with E-state index >= 15 is 0 Å². The molecule has 118 valence electrons. The van der Waals surface area contributed by atoms with Crippen LogP contribution in [0, 0.1) is 13.8 Å². The lowest BCUT2D eigenvalue weighted by atomic mass is 9.66. The van der Waals surface area contributed by atoms with Gasteiger partial charge in [0, 0.05) is 16.6 Å². The third-order valence-corrected chi connectivity index (χ3v) is 4.73. The number of rotatable bonds is 1. The molecule has 0 aliphatic carbocycles. The Morgan fingerprint density at radius 1 is 0.864 bits per heavy atom. The molecule has 0 radical (unpaired) electrons. The van der Waals surface area contributed by atoms with E-state index in [1.807, 2.05) is 0 Å². The third-order valence-electron chi connectivity index (χ3n) is 4.73. The Morgan fingerprint density at radius 2 is 1.45 bits per heavy atom. The van der Waals surface area contributed by atoms with Crippen molar-refractivity contribution in [3.8, 4) is 0 Å². The van der Waals surface area contributed by atoms with Crippen molar-refractivity contribution in [1.29, 1.82) is 0 Å². The molecule has 0 aromatic heterocycles. The number of hydrogen-bond donors (Lipinski definition) is 1.